The maximum Gasteiger partial charge on any atom is 0.373 e. The molecular weight excluding hydrogens is 644 g/mol. The molecule has 2 aliphatic heterocycles. The summed E-state index contributed by atoms with van der Waals surface area (Å²) in [5.74, 6) is -5.62. The minimum Gasteiger partial charge on any atom is -0.490 e. The number of carbonyl (C=O) groups is 3. The maximum atomic E-state index is 13.7. The van der Waals surface area contributed by atoms with Crippen molar-refractivity contribution in [3.8, 4) is 0 Å². The number of ether oxygens (including phenoxy) is 6. The first-order chi connectivity index (χ1) is 23.3. The minimum atomic E-state index is -1.85. The van der Waals surface area contributed by atoms with Gasteiger partial charge in [0.15, 0.2) is 5.79 Å². The number of hydrogen-bond donors (Lipinski definition) is 2. The first kappa shape index (κ1) is 43.2. The van der Waals surface area contributed by atoms with Crippen LogP contribution < -0.4 is 0 Å². The van der Waals surface area contributed by atoms with E-state index < -0.39 is 66.2 Å². The van der Waals surface area contributed by atoms with Gasteiger partial charge in [0.05, 0.1) is 19.3 Å². The molecule has 2 rings (SSSR count). The second-order valence-electron chi connectivity index (χ2n) is 14.7. The third-order valence-electron chi connectivity index (χ3n) is 10.0. The molecule has 1 saturated heterocycles. The number of esters is 3. The Morgan fingerprint density at radius 3 is 2.16 bits per heavy atom. The molecule has 1 fully saturated rings. The number of allylic oxidation sites excluding steroid dienone is 5. The van der Waals surface area contributed by atoms with E-state index in [1.54, 1.807) is 26.0 Å². The first-order valence-electron chi connectivity index (χ1n) is 17.7. The van der Waals surface area contributed by atoms with Gasteiger partial charge in [-0.3, -0.25) is 9.59 Å². The third-order valence-corrected chi connectivity index (χ3v) is 10.0. The number of aliphatic hydroxyl groups excluding tert-OH is 1. The number of cyclic esters (lactones) is 1. The van der Waals surface area contributed by atoms with E-state index in [2.05, 4.69) is 0 Å². The largest absolute Gasteiger partial charge is 0.490 e. The van der Waals surface area contributed by atoms with Crippen LogP contribution in [0, 0.1) is 35.5 Å². The van der Waals surface area contributed by atoms with Crippen LogP contribution in [-0.2, 0) is 42.8 Å². The summed E-state index contributed by atoms with van der Waals surface area (Å²) in [6.07, 6.45) is 4.99. The SMILES string of the molecule is CO/C1=C\C(C)=C\C(C)C(OC(C)=O)C(C)C/C(C)=C/C=C/C(OC)C(C(C)C(O)C(C)C2(O)CC(OC(C)=O)C(C)C(C(C)C)O2)OC1=O. The molecule has 284 valence electrons. The summed E-state index contributed by atoms with van der Waals surface area (Å²) in [6, 6.07) is 0. The van der Waals surface area contributed by atoms with E-state index in [4.69, 9.17) is 28.4 Å². The minimum absolute atomic E-state index is 0.0134. The highest BCUT2D eigenvalue weighted by Crippen LogP contribution is 2.42. The van der Waals surface area contributed by atoms with Crippen molar-refractivity contribution < 1.29 is 53.0 Å². The Bertz CT molecular complexity index is 1280. The summed E-state index contributed by atoms with van der Waals surface area (Å²) in [5, 5.41) is 23.8. The molecule has 0 saturated carbocycles. The number of rotatable bonds is 9. The van der Waals surface area contributed by atoms with Crippen LogP contribution in [0.25, 0.3) is 0 Å². The summed E-state index contributed by atoms with van der Waals surface area (Å²) < 4.78 is 35.0. The van der Waals surface area contributed by atoms with Crippen molar-refractivity contribution in [1.82, 2.24) is 0 Å². The van der Waals surface area contributed by atoms with Gasteiger partial charge in [-0.15, -0.1) is 0 Å². The second kappa shape index (κ2) is 19.0. The predicted octanol–water partition coefficient (Wildman–Crippen LogP) is 5.83. The van der Waals surface area contributed by atoms with E-state index >= 15 is 0 Å². The fourth-order valence-electron chi connectivity index (χ4n) is 7.29. The Labute approximate surface area is 299 Å². The van der Waals surface area contributed by atoms with E-state index in [0.717, 1.165) is 5.57 Å². The van der Waals surface area contributed by atoms with Crippen LogP contribution in [0.4, 0.5) is 0 Å². The lowest BCUT2D eigenvalue weighted by molar-refractivity contribution is -0.329. The summed E-state index contributed by atoms with van der Waals surface area (Å²) in [7, 11) is 2.85. The van der Waals surface area contributed by atoms with Crippen LogP contribution >= 0.6 is 0 Å². The van der Waals surface area contributed by atoms with Gasteiger partial charge in [0, 0.05) is 51.0 Å². The third kappa shape index (κ3) is 11.5. The van der Waals surface area contributed by atoms with Gasteiger partial charge >= 0.3 is 17.9 Å². The smallest absolute Gasteiger partial charge is 0.373 e. The molecule has 0 bridgehead atoms. The van der Waals surface area contributed by atoms with Crippen molar-refractivity contribution in [2.24, 2.45) is 35.5 Å². The second-order valence-corrected chi connectivity index (χ2v) is 14.7. The first-order valence-corrected chi connectivity index (χ1v) is 17.7. The molecule has 12 unspecified atom stereocenters. The molecule has 0 radical (unpaired) electrons. The molecular formula is C39H62O11. The lowest BCUT2D eigenvalue weighted by Crippen LogP contribution is -2.59. The van der Waals surface area contributed by atoms with Crippen LogP contribution in [0.3, 0.4) is 0 Å². The van der Waals surface area contributed by atoms with Gasteiger partial charge < -0.3 is 38.6 Å². The molecule has 0 aliphatic carbocycles. The van der Waals surface area contributed by atoms with E-state index in [1.807, 2.05) is 66.7 Å². The van der Waals surface area contributed by atoms with Crippen LogP contribution in [0.2, 0.25) is 0 Å². The van der Waals surface area contributed by atoms with E-state index in [0.29, 0.717) is 12.0 Å². The average molecular weight is 707 g/mol. The van der Waals surface area contributed by atoms with Crippen molar-refractivity contribution in [2.45, 2.75) is 131 Å². The molecule has 0 aromatic heterocycles. The molecule has 11 heteroatoms. The quantitative estimate of drug-likeness (QED) is 0.220. The fourth-order valence-corrected chi connectivity index (χ4v) is 7.29. The highest BCUT2D eigenvalue weighted by Gasteiger charge is 2.53. The summed E-state index contributed by atoms with van der Waals surface area (Å²) in [4.78, 5) is 37.7. The molecule has 11 nitrogen and oxygen atoms in total. The fraction of sp³-hybridized carbons (Fsp3) is 0.718. The molecule has 0 aromatic rings. The number of methoxy groups -OCH3 is 2. The molecule has 0 aromatic carbocycles. The lowest BCUT2D eigenvalue weighted by atomic mass is 9.76. The molecule has 2 N–H and O–H groups in total. The van der Waals surface area contributed by atoms with Crippen molar-refractivity contribution >= 4 is 17.9 Å². The van der Waals surface area contributed by atoms with E-state index in [1.165, 1.54) is 28.1 Å². The highest BCUT2D eigenvalue weighted by atomic mass is 16.6. The monoisotopic (exact) mass is 706 g/mol. The zero-order valence-corrected chi connectivity index (χ0v) is 32.3. The Kier molecular flexibility index (Phi) is 16.4. The van der Waals surface area contributed by atoms with Crippen molar-refractivity contribution in [3.05, 3.63) is 47.3 Å². The van der Waals surface area contributed by atoms with Crippen molar-refractivity contribution in [1.29, 1.82) is 0 Å². The molecule has 0 spiro atoms. The Morgan fingerprint density at radius 2 is 1.62 bits per heavy atom. The van der Waals surface area contributed by atoms with Crippen molar-refractivity contribution in [3.63, 3.8) is 0 Å². The van der Waals surface area contributed by atoms with Crippen LogP contribution in [-0.4, -0.2) is 84.8 Å². The van der Waals surface area contributed by atoms with E-state index in [9.17, 15) is 24.6 Å². The normalized spacial score (nSPS) is 37.4. The summed E-state index contributed by atoms with van der Waals surface area (Å²) in [6.45, 7) is 19.7. The highest BCUT2D eigenvalue weighted by molar-refractivity contribution is 5.87. The molecule has 50 heavy (non-hydrogen) atoms. The Balaban J connectivity index is 2.58. The Hall–Kier alpha value is -2.99. The van der Waals surface area contributed by atoms with Gasteiger partial charge in [-0.05, 0) is 38.2 Å². The molecule has 2 heterocycles. The Morgan fingerprint density at radius 1 is 1.00 bits per heavy atom. The summed E-state index contributed by atoms with van der Waals surface area (Å²) >= 11 is 0. The predicted molar refractivity (Wildman–Crippen MR) is 189 cm³/mol. The standard InChI is InChI=1S/C39H62O11/c1-21(2)35-26(7)33(47-29(10)40)20-39(44,50-35)28(9)34(42)27(8)37-31(45-12)16-14-15-22(3)17-24(5)36(48-30(11)41)25(6)18-23(4)19-32(46-13)38(43)49-37/h14-16,18-19,21,24-28,31,33-37,42,44H,17,20H2,1-13H3/b16-14+,22-15+,23-18+,32-19-. The molecule has 0 amide bonds. The topological polar surface area (TPSA) is 147 Å². The maximum absolute atomic E-state index is 13.7. The van der Waals surface area contributed by atoms with Gasteiger partial charge in [0.25, 0.3) is 0 Å². The number of carbonyl (C=O) groups excluding carboxylic acids is 3. The van der Waals surface area contributed by atoms with Gasteiger partial charge in [-0.25, -0.2) is 4.79 Å². The van der Waals surface area contributed by atoms with Gasteiger partial charge in [-0.2, -0.15) is 0 Å². The molecule has 12 atom stereocenters. The zero-order chi connectivity index (χ0) is 38.1. The van der Waals surface area contributed by atoms with Crippen LogP contribution in [0.1, 0.15) is 89.0 Å². The van der Waals surface area contributed by atoms with Crippen molar-refractivity contribution in [2.75, 3.05) is 14.2 Å². The van der Waals surface area contributed by atoms with Gasteiger partial charge in [-0.1, -0.05) is 83.9 Å². The molecule has 2 aliphatic rings. The van der Waals surface area contributed by atoms with Gasteiger partial charge in [0.1, 0.15) is 24.4 Å². The zero-order valence-electron chi connectivity index (χ0n) is 32.3. The number of aliphatic hydroxyl groups is 2. The van der Waals surface area contributed by atoms with Gasteiger partial charge in [0.2, 0.25) is 5.76 Å². The van der Waals surface area contributed by atoms with Crippen LogP contribution in [0.15, 0.2) is 47.3 Å². The van der Waals surface area contributed by atoms with Crippen LogP contribution in [0.5, 0.6) is 0 Å². The average Bonchev–Trinajstić information content (AvgIpc) is 3.02. The van der Waals surface area contributed by atoms with E-state index in [-0.39, 0.29) is 41.8 Å². The lowest BCUT2D eigenvalue weighted by Gasteiger charge is -2.50. The number of hydrogen-bond acceptors (Lipinski definition) is 11. The summed E-state index contributed by atoms with van der Waals surface area (Å²) in [5.41, 5.74) is 1.73.